The third-order valence-electron chi connectivity index (χ3n) is 2.54. The van der Waals surface area contributed by atoms with Gasteiger partial charge in [0.2, 0.25) is 0 Å². The molecule has 0 radical (unpaired) electrons. The van der Waals surface area contributed by atoms with E-state index >= 15 is 0 Å². The second-order valence-corrected chi connectivity index (χ2v) is 3.52. The molecular weight excluding hydrogens is 167 g/mol. The Hall–Kier alpha value is -1.18. The van der Waals surface area contributed by atoms with E-state index in [2.05, 4.69) is 0 Å². The first kappa shape index (κ1) is 8.42. The number of carbonyl (C=O) groups is 1. The average molecular weight is 178 g/mol. The highest BCUT2D eigenvalue weighted by Gasteiger charge is 2.33. The van der Waals surface area contributed by atoms with Gasteiger partial charge in [-0.05, 0) is 30.4 Å². The molecule has 0 saturated heterocycles. The minimum absolute atomic E-state index is 0.221. The molecule has 1 nitrogen and oxygen atoms in total. The van der Waals surface area contributed by atoms with Crippen molar-refractivity contribution < 1.29 is 9.18 Å². The number of aldehydes is 1. The van der Waals surface area contributed by atoms with Crippen molar-refractivity contribution in [3.05, 3.63) is 35.6 Å². The molecule has 68 valence electrons. The van der Waals surface area contributed by atoms with Crippen LogP contribution in [-0.4, -0.2) is 6.29 Å². The van der Waals surface area contributed by atoms with Gasteiger partial charge in [0.25, 0.3) is 0 Å². The second kappa shape index (κ2) is 3.29. The summed E-state index contributed by atoms with van der Waals surface area (Å²) < 4.78 is 13.3. The van der Waals surface area contributed by atoms with E-state index in [1.165, 1.54) is 6.07 Å². The lowest BCUT2D eigenvalue weighted by atomic mass is 9.95. The molecule has 0 aliphatic heterocycles. The van der Waals surface area contributed by atoms with Crippen molar-refractivity contribution in [3.63, 3.8) is 0 Å². The third kappa shape index (κ3) is 1.62. The van der Waals surface area contributed by atoms with Gasteiger partial charge in [-0.25, -0.2) is 4.39 Å². The van der Waals surface area contributed by atoms with Gasteiger partial charge in [0.1, 0.15) is 12.1 Å². The molecule has 1 aliphatic rings. The van der Waals surface area contributed by atoms with Crippen LogP contribution in [0.3, 0.4) is 0 Å². The maximum absolute atomic E-state index is 13.3. The highest BCUT2D eigenvalue weighted by molar-refractivity contribution is 5.63. The molecule has 0 N–H and O–H groups in total. The van der Waals surface area contributed by atoms with Crippen LogP contribution in [-0.2, 0) is 4.79 Å². The SMILES string of the molecule is O=CC(c1ccccc1F)C1CC1. The van der Waals surface area contributed by atoms with E-state index in [0.29, 0.717) is 11.5 Å². The lowest BCUT2D eigenvalue weighted by molar-refractivity contribution is -0.109. The Kier molecular flexibility index (Phi) is 2.13. The van der Waals surface area contributed by atoms with Crippen LogP contribution in [0.5, 0.6) is 0 Å². The zero-order chi connectivity index (χ0) is 9.26. The predicted molar refractivity (Wildman–Crippen MR) is 47.9 cm³/mol. The van der Waals surface area contributed by atoms with Gasteiger partial charge in [0.05, 0.1) is 0 Å². The van der Waals surface area contributed by atoms with Crippen molar-refractivity contribution in [1.82, 2.24) is 0 Å². The quantitative estimate of drug-likeness (QED) is 0.650. The Morgan fingerprint density at radius 2 is 2.08 bits per heavy atom. The fourth-order valence-electron chi connectivity index (χ4n) is 1.64. The first-order valence-corrected chi connectivity index (χ1v) is 4.52. The maximum atomic E-state index is 13.3. The van der Waals surface area contributed by atoms with Crippen molar-refractivity contribution in [1.29, 1.82) is 0 Å². The molecule has 1 atom stereocenters. The molecule has 1 aliphatic carbocycles. The minimum Gasteiger partial charge on any atom is -0.303 e. The van der Waals surface area contributed by atoms with Crippen molar-refractivity contribution in [3.8, 4) is 0 Å². The summed E-state index contributed by atoms with van der Waals surface area (Å²) in [5.41, 5.74) is 0.556. The molecule has 0 amide bonds. The van der Waals surface area contributed by atoms with E-state index in [1.54, 1.807) is 18.2 Å². The Balaban J connectivity index is 2.31. The fraction of sp³-hybridized carbons (Fsp3) is 0.364. The van der Waals surface area contributed by atoms with Crippen LogP contribution in [0.4, 0.5) is 4.39 Å². The van der Waals surface area contributed by atoms with E-state index in [9.17, 15) is 9.18 Å². The third-order valence-corrected chi connectivity index (χ3v) is 2.54. The number of halogens is 1. The molecule has 0 bridgehead atoms. The molecule has 0 heterocycles. The summed E-state index contributed by atoms with van der Waals surface area (Å²) >= 11 is 0. The topological polar surface area (TPSA) is 17.1 Å². The van der Waals surface area contributed by atoms with Crippen molar-refractivity contribution in [2.45, 2.75) is 18.8 Å². The van der Waals surface area contributed by atoms with Crippen molar-refractivity contribution in [2.75, 3.05) is 0 Å². The number of carbonyl (C=O) groups excluding carboxylic acids is 1. The van der Waals surface area contributed by atoms with Gasteiger partial charge in [-0.2, -0.15) is 0 Å². The van der Waals surface area contributed by atoms with Crippen LogP contribution in [0.2, 0.25) is 0 Å². The maximum Gasteiger partial charge on any atom is 0.127 e. The zero-order valence-corrected chi connectivity index (χ0v) is 7.24. The number of hydrogen-bond acceptors (Lipinski definition) is 1. The lowest BCUT2D eigenvalue weighted by Gasteiger charge is -2.09. The summed E-state index contributed by atoms with van der Waals surface area (Å²) in [6.07, 6.45) is 2.98. The largest absolute Gasteiger partial charge is 0.303 e. The van der Waals surface area contributed by atoms with E-state index in [0.717, 1.165) is 19.1 Å². The molecule has 1 saturated carbocycles. The van der Waals surface area contributed by atoms with Crippen molar-refractivity contribution in [2.24, 2.45) is 5.92 Å². The minimum atomic E-state index is -0.258. The first-order chi connectivity index (χ1) is 6.33. The molecule has 1 unspecified atom stereocenters. The molecule has 1 aromatic carbocycles. The fourth-order valence-corrected chi connectivity index (χ4v) is 1.64. The van der Waals surface area contributed by atoms with Gasteiger partial charge in [-0.15, -0.1) is 0 Å². The zero-order valence-electron chi connectivity index (χ0n) is 7.24. The summed E-state index contributed by atoms with van der Waals surface area (Å²) in [6.45, 7) is 0. The molecule has 0 spiro atoms. The van der Waals surface area contributed by atoms with E-state index in [4.69, 9.17) is 0 Å². The number of hydrogen-bond donors (Lipinski definition) is 0. The van der Waals surface area contributed by atoms with Gasteiger partial charge in [0, 0.05) is 5.92 Å². The molecule has 1 aromatic rings. The molecule has 2 heteroatoms. The van der Waals surface area contributed by atoms with Gasteiger partial charge < -0.3 is 4.79 Å². The molecular formula is C11H11FO. The summed E-state index contributed by atoms with van der Waals surface area (Å²) in [5.74, 6) is -0.0953. The van der Waals surface area contributed by atoms with Crippen LogP contribution in [0.1, 0.15) is 24.3 Å². The lowest BCUT2D eigenvalue weighted by Crippen LogP contribution is -2.04. The standard InChI is InChI=1S/C11H11FO/c12-11-4-2-1-3-9(11)10(7-13)8-5-6-8/h1-4,7-8,10H,5-6H2. The van der Waals surface area contributed by atoms with E-state index < -0.39 is 0 Å². The summed E-state index contributed by atoms with van der Waals surface area (Å²) in [4.78, 5) is 10.8. The predicted octanol–water partition coefficient (Wildman–Crippen LogP) is 2.52. The van der Waals surface area contributed by atoms with Gasteiger partial charge in [-0.1, -0.05) is 18.2 Å². The van der Waals surface area contributed by atoms with Gasteiger partial charge in [-0.3, -0.25) is 0 Å². The Bertz CT molecular complexity index is 318. The highest BCUT2D eigenvalue weighted by atomic mass is 19.1. The molecule has 1 fully saturated rings. The Morgan fingerprint density at radius 3 is 2.62 bits per heavy atom. The van der Waals surface area contributed by atoms with Gasteiger partial charge in [0.15, 0.2) is 0 Å². The summed E-state index contributed by atoms with van der Waals surface area (Å²) in [5, 5.41) is 0. The average Bonchev–Trinajstić information content (AvgIpc) is 2.93. The number of rotatable bonds is 3. The van der Waals surface area contributed by atoms with E-state index in [1.807, 2.05) is 0 Å². The highest BCUT2D eigenvalue weighted by Crippen LogP contribution is 2.41. The van der Waals surface area contributed by atoms with Crippen LogP contribution in [0.15, 0.2) is 24.3 Å². The molecule has 13 heavy (non-hydrogen) atoms. The van der Waals surface area contributed by atoms with Crippen molar-refractivity contribution >= 4 is 6.29 Å². The van der Waals surface area contributed by atoms with E-state index in [-0.39, 0.29) is 11.7 Å². The Labute approximate surface area is 76.6 Å². The van der Waals surface area contributed by atoms with Gasteiger partial charge >= 0.3 is 0 Å². The van der Waals surface area contributed by atoms with Crippen LogP contribution in [0.25, 0.3) is 0 Å². The first-order valence-electron chi connectivity index (χ1n) is 4.52. The summed E-state index contributed by atoms with van der Waals surface area (Å²) in [7, 11) is 0. The molecule has 2 rings (SSSR count). The van der Waals surface area contributed by atoms with Crippen LogP contribution < -0.4 is 0 Å². The second-order valence-electron chi connectivity index (χ2n) is 3.52. The molecule has 0 aromatic heterocycles. The van der Waals surface area contributed by atoms with Crippen LogP contribution in [0, 0.1) is 11.7 Å². The summed E-state index contributed by atoms with van der Waals surface area (Å²) in [6, 6.07) is 6.53. The normalized spacial score (nSPS) is 18.2. The Morgan fingerprint density at radius 1 is 1.38 bits per heavy atom. The smallest absolute Gasteiger partial charge is 0.127 e. The van der Waals surface area contributed by atoms with Crippen LogP contribution >= 0.6 is 0 Å². The number of benzene rings is 1. The monoisotopic (exact) mass is 178 g/mol.